The molecule has 2 aromatic heterocycles. The summed E-state index contributed by atoms with van der Waals surface area (Å²) in [5, 5.41) is 7.68. The molecule has 1 aromatic carbocycles. The van der Waals surface area contributed by atoms with Crippen molar-refractivity contribution in [3.05, 3.63) is 59.7 Å². The van der Waals surface area contributed by atoms with Gasteiger partial charge in [0.2, 0.25) is 0 Å². The molecule has 1 unspecified atom stereocenters. The number of hydrogen-bond acceptors (Lipinski definition) is 4. The second-order valence-corrected chi connectivity index (χ2v) is 7.66. The van der Waals surface area contributed by atoms with Crippen LogP contribution in [0.4, 0.5) is 10.2 Å². The van der Waals surface area contributed by atoms with Gasteiger partial charge in [-0.05, 0) is 61.4 Å². The van der Waals surface area contributed by atoms with Crippen molar-refractivity contribution in [2.75, 3.05) is 18.0 Å². The summed E-state index contributed by atoms with van der Waals surface area (Å²) in [5.74, 6) is 1.01. The fourth-order valence-corrected chi connectivity index (χ4v) is 3.92. The van der Waals surface area contributed by atoms with E-state index in [4.69, 9.17) is 5.10 Å². The van der Waals surface area contributed by atoms with Crippen LogP contribution in [0.3, 0.4) is 0 Å². The predicted octanol–water partition coefficient (Wildman–Crippen LogP) is 3.35. The maximum atomic E-state index is 13.7. The van der Waals surface area contributed by atoms with Crippen molar-refractivity contribution in [1.29, 1.82) is 0 Å². The third kappa shape index (κ3) is 3.21. The van der Waals surface area contributed by atoms with Crippen molar-refractivity contribution < 1.29 is 9.18 Å². The number of carbonyl (C=O) groups excluding carboxylic acids is 1. The Bertz CT molecular complexity index is 1030. The number of fused-ring (bicyclic) bond motifs is 1. The van der Waals surface area contributed by atoms with Gasteiger partial charge >= 0.3 is 0 Å². The van der Waals surface area contributed by atoms with Crippen molar-refractivity contribution in [2.45, 2.75) is 31.7 Å². The molecule has 1 atom stereocenters. The highest BCUT2D eigenvalue weighted by Gasteiger charge is 2.28. The Hall–Kier alpha value is -2.96. The molecule has 1 N–H and O–H groups in total. The van der Waals surface area contributed by atoms with E-state index < -0.39 is 0 Å². The number of carbonyl (C=O) groups is 1. The van der Waals surface area contributed by atoms with Gasteiger partial charge in [0.1, 0.15) is 11.6 Å². The normalized spacial score (nSPS) is 19.3. The lowest BCUT2D eigenvalue weighted by Crippen LogP contribution is -2.28. The van der Waals surface area contributed by atoms with E-state index in [1.165, 1.54) is 18.9 Å². The van der Waals surface area contributed by atoms with Crippen LogP contribution in [-0.4, -0.2) is 33.6 Å². The summed E-state index contributed by atoms with van der Waals surface area (Å²) in [5.41, 5.74) is 2.04. The van der Waals surface area contributed by atoms with Gasteiger partial charge < -0.3 is 10.2 Å². The van der Waals surface area contributed by atoms with Crippen LogP contribution >= 0.6 is 0 Å². The van der Waals surface area contributed by atoms with Gasteiger partial charge in [0.15, 0.2) is 11.3 Å². The number of imidazole rings is 1. The standard InChI is InChI=1S/C21H22FN5O/c22-16-4-1-3-15(11-16)17-5-2-10-26(17)20-9-8-19-23-13-18(27(19)25-20)21(28)24-12-14-6-7-14/h1,3-4,8-9,11,13-14,17H,2,5-7,10,12H2,(H,24,28). The maximum absolute atomic E-state index is 13.7. The Morgan fingerprint density at radius 1 is 1.21 bits per heavy atom. The molecule has 1 saturated carbocycles. The highest BCUT2D eigenvalue weighted by molar-refractivity contribution is 5.93. The number of aromatic nitrogens is 3. The molecular weight excluding hydrogens is 357 g/mol. The molecule has 144 valence electrons. The molecule has 3 heterocycles. The topological polar surface area (TPSA) is 62.5 Å². The van der Waals surface area contributed by atoms with E-state index in [1.807, 2.05) is 18.2 Å². The summed E-state index contributed by atoms with van der Waals surface area (Å²) < 4.78 is 15.3. The fourth-order valence-electron chi connectivity index (χ4n) is 3.92. The highest BCUT2D eigenvalue weighted by Crippen LogP contribution is 2.35. The lowest BCUT2D eigenvalue weighted by molar-refractivity contribution is 0.0945. The van der Waals surface area contributed by atoms with E-state index in [9.17, 15) is 9.18 Å². The summed E-state index contributed by atoms with van der Waals surface area (Å²) >= 11 is 0. The molecule has 1 aliphatic carbocycles. The lowest BCUT2D eigenvalue weighted by Gasteiger charge is -2.26. The monoisotopic (exact) mass is 379 g/mol. The molecule has 7 heteroatoms. The Labute approximate surface area is 162 Å². The maximum Gasteiger partial charge on any atom is 0.271 e. The van der Waals surface area contributed by atoms with Crippen molar-refractivity contribution in [1.82, 2.24) is 19.9 Å². The Morgan fingerprint density at radius 2 is 2.11 bits per heavy atom. The summed E-state index contributed by atoms with van der Waals surface area (Å²) in [6.07, 6.45) is 5.91. The number of nitrogens with one attached hydrogen (secondary N) is 1. The summed E-state index contributed by atoms with van der Waals surface area (Å²) in [4.78, 5) is 19.0. The van der Waals surface area contributed by atoms with Crippen molar-refractivity contribution in [3.63, 3.8) is 0 Å². The van der Waals surface area contributed by atoms with Gasteiger partial charge in [0.05, 0.1) is 12.2 Å². The second kappa shape index (κ2) is 6.89. The zero-order chi connectivity index (χ0) is 19.1. The zero-order valence-corrected chi connectivity index (χ0v) is 15.5. The van der Waals surface area contributed by atoms with E-state index >= 15 is 0 Å². The van der Waals surface area contributed by atoms with Crippen LogP contribution in [-0.2, 0) is 0 Å². The number of nitrogens with zero attached hydrogens (tertiary/aromatic N) is 4. The molecule has 1 aliphatic heterocycles. The molecule has 3 aromatic rings. The van der Waals surface area contributed by atoms with Gasteiger partial charge in [-0.15, -0.1) is 5.10 Å². The molecule has 2 aliphatic rings. The average Bonchev–Trinajstić information content (AvgIpc) is 3.24. The van der Waals surface area contributed by atoms with Gasteiger partial charge in [-0.3, -0.25) is 4.79 Å². The average molecular weight is 379 g/mol. The van der Waals surface area contributed by atoms with E-state index in [0.29, 0.717) is 23.8 Å². The summed E-state index contributed by atoms with van der Waals surface area (Å²) in [6.45, 7) is 1.55. The first-order valence-electron chi connectivity index (χ1n) is 9.84. The number of halogens is 1. The Balaban J connectivity index is 1.45. The molecule has 0 radical (unpaired) electrons. The predicted molar refractivity (Wildman–Crippen MR) is 104 cm³/mol. The first-order chi connectivity index (χ1) is 13.7. The van der Waals surface area contributed by atoms with E-state index in [2.05, 4.69) is 15.2 Å². The van der Waals surface area contributed by atoms with Crippen LogP contribution in [0, 0.1) is 11.7 Å². The van der Waals surface area contributed by atoms with Crippen LogP contribution in [0.2, 0.25) is 0 Å². The molecule has 2 fully saturated rings. The highest BCUT2D eigenvalue weighted by atomic mass is 19.1. The van der Waals surface area contributed by atoms with Crippen LogP contribution in [0.25, 0.3) is 5.65 Å². The zero-order valence-electron chi connectivity index (χ0n) is 15.5. The van der Waals surface area contributed by atoms with Crippen LogP contribution in [0.5, 0.6) is 0 Å². The third-order valence-electron chi connectivity index (χ3n) is 5.61. The first kappa shape index (κ1) is 17.2. The van der Waals surface area contributed by atoms with Gasteiger partial charge in [0, 0.05) is 13.1 Å². The minimum Gasteiger partial charge on any atom is -0.350 e. The number of hydrogen-bond donors (Lipinski definition) is 1. The van der Waals surface area contributed by atoms with E-state index in [0.717, 1.165) is 30.8 Å². The minimum atomic E-state index is -0.225. The van der Waals surface area contributed by atoms with Gasteiger partial charge in [-0.1, -0.05) is 12.1 Å². The summed E-state index contributed by atoms with van der Waals surface area (Å²) in [6, 6.07) is 10.6. The van der Waals surface area contributed by atoms with Gasteiger partial charge in [-0.25, -0.2) is 13.9 Å². The third-order valence-corrected chi connectivity index (χ3v) is 5.61. The summed E-state index contributed by atoms with van der Waals surface area (Å²) in [7, 11) is 0. The van der Waals surface area contributed by atoms with Gasteiger partial charge in [-0.2, -0.15) is 0 Å². The second-order valence-electron chi connectivity index (χ2n) is 7.66. The quantitative estimate of drug-likeness (QED) is 0.739. The molecule has 1 saturated heterocycles. The molecule has 0 bridgehead atoms. The molecule has 0 spiro atoms. The minimum absolute atomic E-state index is 0.0799. The van der Waals surface area contributed by atoms with E-state index in [-0.39, 0.29) is 17.8 Å². The first-order valence-corrected chi connectivity index (χ1v) is 9.84. The SMILES string of the molecule is O=C(NCC1CC1)c1cnc2ccc(N3CCCC3c3cccc(F)c3)nn12. The molecule has 5 rings (SSSR count). The molecule has 1 amide bonds. The molecular formula is C21H22FN5O. The Morgan fingerprint density at radius 3 is 2.93 bits per heavy atom. The number of anilines is 1. The Kier molecular flexibility index (Phi) is 4.22. The van der Waals surface area contributed by atoms with Crippen molar-refractivity contribution in [3.8, 4) is 0 Å². The van der Waals surface area contributed by atoms with Crippen LogP contribution in [0.15, 0.2) is 42.6 Å². The van der Waals surface area contributed by atoms with Crippen molar-refractivity contribution >= 4 is 17.4 Å². The lowest BCUT2D eigenvalue weighted by atomic mass is 10.0. The van der Waals surface area contributed by atoms with Crippen molar-refractivity contribution in [2.24, 2.45) is 5.92 Å². The van der Waals surface area contributed by atoms with E-state index in [1.54, 1.807) is 22.8 Å². The fraction of sp³-hybridized carbons (Fsp3) is 0.381. The largest absolute Gasteiger partial charge is 0.350 e. The number of rotatable bonds is 5. The molecule has 6 nitrogen and oxygen atoms in total. The molecule has 28 heavy (non-hydrogen) atoms. The van der Waals surface area contributed by atoms with Crippen LogP contribution in [0.1, 0.15) is 47.8 Å². The number of benzene rings is 1. The van der Waals surface area contributed by atoms with Gasteiger partial charge in [0.25, 0.3) is 5.91 Å². The van der Waals surface area contributed by atoms with Crippen LogP contribution < -0.4 is 10.2 Å². The smallest absolute Gasteiger partial charge is 0.271 e. The number of amides is 1.